The van der Waals surface area contributed by atoms with Gasteiger partial charge in [0.2, 0.25) is 0 Å². The maximum Gasteiger partial charge on any atom is 0.308 e. The second-order valence-electron chi connectivity index (χ2n) is 6.57. The Morgan fingerprint density at radius 2 is 1.04 bits per heavy atom. The highest BCUT2D eigenvalue weighted by Crippen LogP contribution is 2.10. The van der Waals surface area contributed by atoms with Gasteiger partial charge in [0.05, 0.1) is 46.1 Å². The summed E-state index contributed by atoms with van der Waals surface area (Å²) in [5.74, 6) is -0.214. The fourth-order valence-electron chi connectivity index (χ4n) is 2.62. The lowest BCUT2D eigenvalue weighted by atomic mass is 10.1. The second-order valence-corrected chi connectivity index (χ2v) is 6.57. The van der Waals surface area contributed by atoms with Crippen molar-refractivity contribution in [2.24, 2.45) is 0 Å². The molecule has 0 spiro atoms. The molecule has 0 saturated heterocycles. The third kappa shape index (κ3) is 21.4. The second kappa shape index (κ2) is 22.4. The number of ether oxygens (including phenoxy) is 4. The molecule has 5 nitrogen and oxygen atoms in total. The van der Waals surface area contributed by atoms with Crippen LogP contribution in [0, 0.1) is 0 Å². The number of esters is 1. The van der Waals surface area contributed by atoms with Gasteiger partial charge in [-0.1, -0.05) is 64.7 Å². The molecule has 0 aliphatic rings. The molecule has 0 atom stereocenters. The van der Waals surface area contributed by atoms with Gasteiger partial charge < -0.3 is 18.9 Å². The Kier molecular flexibility index (Phi) is 21.8. The minimum absolute atomic E-state index is 0.214. The first-order chi connectivity index (χ1) is 12.8. The van der Waals surface area contributed by atoms with E-state index in [1.165, 1.54) is 57.8 Å². The van der Waals surface area contributed by atoms with Crippen molar-refractivity contribution in [1.82, 2.24) is 0 Å². The van der Waals surface area contributed by atoms with Crippen LogP contribution in [0.5, 0.6) is 0 Å². The molecule has 5 heteroatoms. The molecule has 0 saturated carbocycles. The van der Waals surface area contributed by atoms with Crippen LogP contribution in [-0.2, 0) is 23.7 Å². The summed E-state index contributed by atoms with van der Waals surface area (Å²) in [5.41, 5.74) is 0. The van der Waals surface area contributed by atoms with E-state index in [1.807, 2.05) is 0 Å². The average Bonchev–Trinajstić information content (AvgIpc) is 2.64. The molecule has 0 heterocycles. The lowest BCUT2D eigenvalue weighted by molar-refractivity contribution is -0.144. The quantitative estimate of drug-likeness (QED) is 0.211. The molecule has 26 heavy (non-hydrogen) atoms. The number of rotatable bonds is 21. The van der Waals surface area contributed by atoms with E-state index in [2.05, 4.69) is 6.92 Å². The van der Waals surface area contributed by atoms with Crippen molar-refractivity contribution in [1.29, 1.82) is 0 Å². The number of unbranched alkanes of at least 4 members (excludes halogenated alkanes) is 9. The Bertz CT molecular complexity index is 284. The number of hydrogen-bond acceptors (Lipinski definition) is 5. The molecule has 0 unspecified atom stereocenters. The summed E-state index contributed by atoms with van der Waals surface area (Å²) < 4.78 is 21.1. The van der Waals surface area contributed by atoms with Gasteiger partial charge in [-0.2, -0.15) is 0 Å². The SMILES string of the molecule is CCCCCCCCCCCCOCCOCCOCCC(=O)OCC. The van der Waals surface area contributed by atoms with Crippen LogP contribution in [0.15, 0.2) is 0 Å². The van der Waals surface area contributed by atoms with E-state index < -0.39 is 0 Å². The van der Waals surface area contributed by atoms with Crippen molar-refractivity contribution >= 4 is 5.97 Å². The van der Waals surface area contributed by atoms with Crippen molar-refractivity contribution < 1.29 is 23.7 Å². The van der Waals surface area contributed by atoms with Gasteiger partial charge >= 0.3 is 5.97 Å². The van der Waals surface area contributed by atoms with Gasteiger partial charge in [0.1, 0.15) is 0 Å². The van der Waals surface area contributed by atoms with Gasteiger partial charge in [0.15, 0.2) is 0 Å². The Labute approximate surface area is 161 Å². The van der Waals surface area contributed by atoms with Crippen LogP contribution in [0.25, 0.3) is 0 Å². The molecule has 156 valence electrons. The molecule has 0 bridgehead atoms. The summed E-state index contributed by atoms with van der Waals surface area (Å²) in [6, 6.07) is 0. The molecule has 0 aromatic carbocycles. The van der Waals surface area contributed by atoms with Crippen LogP contribution in [0.3, 0.4) is 0 Å². The zero-order chi connectivity index (χ0) is 19.1. The number of hydrogen-bond donors (Lipinski definition) is 0. The van der Waals surface area contributed by atoms with Gasteiger partial charge in [-0.05, 0) is 13.3 Å². The highest BCUT2D eigenvalue weighted by Gasteiger charge is 2.00. The fraction of sp³-hybridized carbons (Fsp3) is 0.952. The van der Waals surface area contributed by atoms with E-state index in [0.29, 0.717) is 46.1 Å². The molecule has 0 radical (unpaired) electrons. The summed E-state index contributed by atoms with van der Waals surface area (Å²) in [4.78, 5) is 11.1. The third-order valence-corrected chi connectivity index (χ3v) is 4.14. The lowest BCUT2D eigenvalue weighted by Gasteiger charge is -2.07. The highest BCUT2D eigenvalue weighted by molar-refractivity contribution is 5.69. The van der Waals surface area contributed by atoms with Gasteiger partial charge in [-0.15, -0.1) is 0 Å². The predicted molar refractivity (Wildman–Crippen MR) is 106 cm³/mol. The maximum absolute atomic E-state index is 11.1. The molecule has 0 N–H and O–H groups in total. The van der Waals surface area contributed by atoms with Crippen LogP contribution in [0.1, 0.15) is 84.5 Å². The highest BCUT2D eigenvalue weighted by atomic mass is 16.5. The Morgan fingerprint density at radius 1 is 0.577 bits per heavy atom. The minimum Gasteiger partial charge on any atom is -0.466 e. The maximum atomic E-state index is 11.1. The van der Waals surface area contributed by atoms with Gasteiger partial charge in [-0.25, -0.2) is 0 Å². The van der Waals surface area contributed by atoms with Gasteiger partial charge in [-0.3, -0.25) is 4.79 Å². The van der Waals surface area contributed by atoms with E-state index in [-0.39, 0.29) is 5.97 Å². The Balaban J connectivity index is 3.02. The first-order valence-corrected chi connectivity index (χ1v) is 10.7. The van der Waals surface area contributed by atoms with E-state index in [9.17, 15) is 4.79 Å². The van der Waals surface area contributed by atoms with Gasteiger partial charge in [0, 0.05) is 6.61 Å². The summed E-state index contributed by atoms with van der Waals surface area (Å²) in [6.07, 6.45) is 13.7. The Morgan fingerprint density at radius 3 is 1.58 bits per heavy atom. The van der Waals surface area contributed by atoms with E-state index in [1.54, 1.807) is 6.92 Å². The summed E-state index contributed by atoms with van der Waals surface area (Å²) in [7, 11) is 0. The van der Waals surface area contributed by atoms with Crippen LogP contribution >= 0.6 is 0 Å². The van der Waals surface area contributed by atoms with Crippen LogP contribution in [0.4, 0.5) is 0 Å². The molecular formula is C21H42O5. The van der Waals surface area contributed by atoms with E-state index >= 15 is 0 Å². The molecule has 0 aliphatic heterocycles. The molecule has 0 fully saturated rings. The third-order valence-electron chi connectivity index (χ3n) is 4.14. The van der Waals surface area contributed by atoms with Crippen molar-refractivity contribution in [3.8, 4) is 0 Å². The van der Waals surface area contributed by atoms with Crippen LogP contribution < -0.4 is 0 Å². The fourth-order valence-corrected chi connectivity index (χ4v) is 2.62. The zero-order valence-electron chi connectivity index (χ0n) is 17.3. The normalized spacial score (nSPS) is 11.0. The standard InChI is InChI=1S/C21H42O5/c1-3-5-6-7-8-9-10-11-12-13-15-23-17-19-25-20-18-24-16-14-21(22)26-4-2/h3-20H2,1-2H3. The first-order valence-electron chi connectivity index (χ1n) is 10.7. The average molecular weight is 375 g/mol. The number of carbonyl (C=O) groups excluding carboxylic acids is 1. The van der Waals surface area contributed by atoms with E-state index in [4.69, 9.17) is 18.9 Å². The minimum atomic E-state index is -0.214. The summed E-state index contributed by atoms with van der Waals surface area (Å²) in [5, 5.41) is 0. The molecule has 0 rings (SSSR count). The largest absolute Gasteiger partial charge is 0.466 e. The summed E-state index contributed by atoms with van der Waals surface area (Å²) >= 11 is 0. The number of carbonyl (C=O) groups is 1. The lowest BCUT2D eigenvalue weighted by Crippen LogP contribution is -2.12. The van der Waals surface area contributed by atoms with Crippen molar-refractivity contribution in [2.75, 3.05) is 46.2 Å². The molecule has 0 aromatic heterocycles. The first kappa shape index (κ1) is 25.4. The Hall–Kier alpha value is -0.650. The monoisotopic (exact) mass is 374 g/mol. The van der Waals surface area contributed by atoms with E-state index in [0.717, 1.165) is 13.0 Å². The molecular weight excluding hydrogens is 332 g/mol. The van der Waals surface area contributed by atoms with Crippen molar-refractivity contribution in [3.05, 3.63) is 0 Å². The van der Waals surface area contributed by atoms with Crippen LogP contribution in [0.2, 0.25) is 0 Å². The molecule has 0 aliphatic carbocycles. The van der Waals surface area contributed by atoms with Crippen molar-refractivity contribution in [2.45, 2.75) is 84.5 Å². The van der Waals surface area contributed by atoms with Crippen LogP contribution in [-0.4, -0.2) is 52.2 Å². The topological polar surface area (TPSA) is 54.0 Å². The molecule has 0 aromatic rings. The summed E-state index contributed by atoms with van der Waals surface area (Å²) in [6.45, 7) is 7.96. The van der Waals surface area contributed by atoms with Crippen molar-refractivity contribution in [3.63, 3.8) is 0 Å². The zero-order valence-corrected chi connectivity index (χ0v) is 17.3. The molecule has 0 amide bonds. The predicted octanol–water partition coefficient (Wildman–Crippen LogP) is 4.91. The smallest absolute Gasteiger partial charge is 0.308 e. The van der Waals surface area contributed by atoms with Gasteiger partial charge in [0.25, 0.3) is 0 Å².